The molecule has 0 saturated carbocycles. The highest BCUT2D eigenvalue weighted by molar-refractivity contribution is 6.74. The lowest BCUT2D eigenvalue weighted by molar-refractivity contribution is 0.247. The molecule has 2 rings (SSSR count). The van der Waals surface area contributed by atoms with Crippen molar-refractivity contribution in [3.8, 4) is 0 Å². The average Bonchev–Trinajstić information content (AvgIpc) is 2.86. The van der Waals surface area contributed by atoms with Gasteiger partial charge in [0.05, 0.1) is 12.6 Å². The predicted molar refractivity (Wildman–Crippen MR) is 99.1 cm³/mol. The Balaban J connectivity index is 2.29. The van der Waals surface area contributed by atoms with Crippen molar-refractivity contribution < 1.29 is 4.43 Å². The summed E-state index contributed by atoms with van der Waals surface area (Å²) in [6.45, 7) is 14.0. The maximum absolute atomic E-state index is 6.48. The maximum Gasteiger partial charge on any atom is 0.192 e. The first-order valence-electron chi connectivity index (χ1n) is 8.10. The molecule has 2 aromatic rings. The average molecular weight is 332 g/mol. The van der Waals surface area contributed by atoms with Gasteiger partial charge in [0.15, 0.2) is 8.32 Å². The van der Waals surface area contributed by atoms with Gasteiger partial charge in [-0.1, -0.05) is 32.9 Å². The number of rotatable bonds is 5. The molecule has 1 atom stereocenters. The molecule has 0 spiro atoms. The van der Waals surface area contributed by atoms with E-state index in [0.29, 0.717) is 6.61 Å². The summed E-state index contributed by atoms with van der Waals surface area (Å²) in [5, 5.41) is 0.197. The van der Waals surface area contributed by atoms with E-state index in [2.05, 4.69) is 55.5 Å². The number of anilines is 1. The Morgan fingerprint density at radius 1 is 1.22 bits per heavy atom. The molecule has 1 unspecified atom stereocenters. The van der Waals surface area contributed by atoms with Crippen LogP contribution in [0.25, 0.3) is 0 Å². The summed E-state index contributed by atoms with van der Waals surface area (Å²) in [4.78, 5) is 4.37. The molecule has 0 bridgehead atoms. The van der Waals surface area contributed by atoms with Gasteiger partial charge in [0.2, 0.25) is 0 Å². The number of aromatic nitrogens is 2. The van der Waals surface area contributed by atoms with Crippen LogP contribution >= 0.6 is 0 Å². The summed E-state index contributed by atoms with van der Waals surface area (Å²) in [6, 6.07) is 8.16. The smallest absolute Gasteiger partial charge is 0.192 e. The van der Waals surface area contributed by atoms with Crippen LogP contribution < -0.4 is 5.73 Å². The van der Waals surface area contributed by atoms with Gasteiger partial charge in [0.1, 0.15) is 5.82 Å². The second-order valence-electron chi connectivity index (χ2n) is 7.64. The van der Waals surface area contributed by atoms with Gasteiger partial charge in [-0.2, -0.15) is 0 Å². The highest BCUT2D eigenvalue weighted by atomic mass is 28.4. The highest BCUT2D eigenvalue weighted by Crippen LogP contribution is 2.37. The molecule has 23 heavy (non-hydrogen) atoms. The number of hydrogen-bond acceptors (Lipinski definition) is 3. The van der Waals surface area contributed by atoms with Gasteiger partial charge in [-0.05, 0) is 42.8 Å². The highest BCUT2D eigenvalue weighted by Gasteiger charge is 2.37. The molecule has 4 nitrogen and oxygen atoms in total. The minimum absolute atomic E-state index is 0.118. The van der Waals surface area contributed by atoms with Crippen molar-refractivity contribution in [3.63, 3.8) is 0 Å². The Labute approximate surface area is 140 Å². The van der Waals surface area contributed by atoms with Crippen LogP contribution in [0.4, 0.5) is 5.69 Å². The van der Waals surface area contributed by atoms with E-state index in [1.165, 1.54) is 5.56 Å². The minimum Gasteiger partial charge on any atom is -0.414 e. The normalized spacial score (nSPS) is 14.0. The summed E-state index contributed by atoms with van der Waals surface area (Å²) in [7, 11) is -1.80. The SMILES string of the molecule is Cc1nccn1C(CO[Si](C)(C)C(C)(C)C)c1ccc(N)cc1. The summed E-state index contributed by atoms with van der Waals surface area (Å²) in [5.41, 5.74) is 7.80. The first-order valence-corrected chi connectivity index (χ1v) is 11.0. The number of aryl methyl sites for hydroxylation is 1. The second kappa shape index (κ2) is 6.49. The van der Waals surface area contributed by atoms with E-state index >= 15 is 0 Å². The second-order valence-corrected chi connectivity index (χ2v) is 12.4. The van der Waals surface area contributed by atoms with Crippen LogP contribution in [0, 0.1) is 6.92 Å². The first kappa shape index (κ1) is 17.8. The van der Waals surface area contributed by atoms with Gasteiger partial charge < -0.3 is 14.7 Å². The van der Waals surface area contributed by atoms with Crippen LogP contribution in [0.3, 0.4) is 0 Å². The van der Waals surface area contributed by atoms with Crippen LogP contribution in [0.15, 0.2) is 36.7 Å². The Kier molecular flexibility index (Phi) is 5.01. The molecule has 0 radical (unpaired) electrons. The van der Waals surface area contributed by atoms with Gasteiger partial charge in [-0.3, -0.25) is 0 Å². The molecule has 1 aromatic heterocycles. The van der Waals surface area contributed by atoms with E-state index in [1.54, 1.807) is 0 Å². The lowest BCUT2D eigenvalue weighted by Crippen LogP contribution is -2.42. The molecule has 126 valence electrons. The number of nitrogens with zero attached hydrogens (tertiary/aromatic N) is 2. The predicted octanol–water partition coefficient (Wildman–Crippen LogP) is 4.38. The van der Waals surface area contributed by atoms with E-state index in [1.807, 2.05) is 31.5 Å². The number of benzene rings is 1. The van der Waals surface area contributed by atoms with Crippen molar-refractivity contribution in [1.82, 2.24) is 9.55 Å². The van der Waals surface area contributed by atoms with E-state index in [4.69, 9.17) is 10.2 Å². The minimum atomic E-state index is -1.80. The molecular formula is C18H29N3OSi. The molecule has 0 aliphatic carbocycles. The summed E-state index contributed by atoms with van der Waals surface area (Å²) in [6.07, 6.45) is 3.86. The molecule has 5 heteroatoms. The maximum atomic E-state index is 6.48. The van der Waals surface area contributed by atoms with Crippen molar-refractivity contribution in [1.29, 1.82) is 0 Å². The van der Waals surface area contributed by atoms with Crippen LogP contribution in [-0.2, 0) is 4.43 Å². The van der Waals surface area contributed by atoms with Crippen molar-refractivity contribution >= 4 is 14.0 Å². The van der Waals surface area contributed by atoms with Gasteiger partial charge in [-0.25, -0.2) is 4.98 Å². The lowest BCUT2D eigenvalue weighted by Gasteiger charge is -2.37. The first-order chi connectivity index (χ1) is 10.6. The molecule has 0 fully saturated rings. The largest absolute Gasteiger partial charge is 0.414 e. The summed E-state index contributed by atoms with van der Waals surface area (Å²) >= 11 is 0. The monoisotopic (exact) mass is 331 g/mol. The van der Waals surface area contributed by atoms with Gasteiger partial charge in [-0.15, -0.1) is 0 Å². The van der Waals surface area contributed by atoms with E-state index in [0.717, 1.165) is 11.5 Å². The standard InChI is InChI=1S/C18H29N3OSi/c1-14-20-11-12-21(14)17(15-7-9-16(19)10-8-15)13-22-23(5,6)18(2,3)4/h7-12,17H,13,19H2,1-6H3. The Bertz CT molecular complexity index is 641. The van der Waals surface area contributed by atoms with Crippen molar-refractivity contribution in [2.75, 3.05) is 12.3 Å². The zero-order valence-corrected chi connectivity index (χ0v) is 16.1. The molecule has 1 heterocycles. The van der Waals surface area contributed by atoms with Gasteiger partial charge in [0, 0.05) is 18.1 Å². The summed E-state index contributed by atoms with van der Waals surface area (Å²) in [5.74, 6) is 0.991. The number of imidazole rings is 1. The van der Waals surface area contributed by atoms with Gasteiger partial charge >= 0.3 is 0 Å². The Morgan fingerprint density at radius 3 is 2.30 bits per heavy atom. The zero-order chi connectivity index (χ0) is 17.3. The fourth-order valence-electron chi connectivity index (χ4n) is 2.28. The summed E-state index contributed by atoms with van der Waals surface area (Å²) < 4.78 is 8.66. The third kappa shape index (κ3) is 4.03. The molecule has 0 amide bonds. The number of nitrogens with two attached hydrogens (primary N) is 1. The number of nitrogen functional groups attached to an aromatic ring is 1. The molecule has 0 aliphatic heterocycles. The van der Waals surface area contributed by atoms with Crippen LogP contribution in [-0.4, -0.2) is 24.5 Å². The van der Waals surface area contributed by atoms with Crippen molar-refractivity contribution in [2.24, 2.45) is 0 Å². The van der Waals surface area contributed by atoms with Crippen molar-refractivity contribution in [3.05, 3.63) is 48.0 Å². The van der Waals surface area contributed by atoms with Crippen LogP contribution in [0.2, 0.25) is 18.1 Å². The Hall–Kier alpha value is -1.59. The fourth-order valence-corrected chi connectivity index (χ4v) is 3.28. The lowest BCUT2D eigenvalue weighted by atomic mass is 10.1. The van der Waals surface area contributed by atoms with E-state index in [-0.39, 0.29) is 11.1 Å². The fraction of sp³-hybridized carbons (Fsp3) is 0.500. The molecule has 2 N–H and O–H groups in total. The third-order valence-electron chi connectivity index (χ3n) is 4.93. The zero-order valence-electron chi connectivity index (χ0n) is 15.1. The Morgan fingerprint density at radius 2 is 1.83 bits per heavy atom. The van der Waals surface area contributed by atoms with Gasteiger partial charge in [0.25, 0.3) is 0 Å². The topological polar surface area (TPSA) is 53.1 Å². The van der Waals surface area contributed by atoms with E-state index < -0.39 is 8.32 Å². The van der Waals surface area contributed by atoms with Crippen molar-refractivity contribution in [2.45, 2.75) is 51.9 Å². The number of hydrogen-bond donors (Lipinski definition) is 1. The van der Waals surface area contributed by atoms with E-state index in [9.17, 15) is 0 Å². The molecule has 0 saturated heterocycles. The molecular weight excluding hydrogens is 302 g/mol. The van der Waals surface area contributed by atoms with Crippen LogP contribution in [0.5, 0.6) is 0 Å². The molecule has 0 aliphatic rings. The molecule has 1 aromatic carbocycles. The third-order valence-corrected chi connectivity index (χ3v) is 9.43. The van der Waals surface area contributed by atoms with Crippen LogP contribution in [0.1, 0.15) is 38.2 Å². The quantitative estimate of drug-likeness (QED) is 0.653.